The van der Waals surface area contributed by atoms with Crippen LogP contribution in [0.15, 0.2) is 18.3 Å². The van der Waals surface area contributed by atoms with Crippen molar-refractivity contribution in [3.05, 3.63) is 24.2 Å². The molecule has 23 heavy (non-hydrogen) atoms. The van der Waals surface area contributed by atoms with Crippen LogP contribution in [-0.4, -0.2) is 38.0 Å². The maximum absolute atomic E-state index is 5.78. The maximum atomic E-state index is 5.78. The van der Waals surface area contributed by atoms with Gasteiger partial charge in [-0.05, 0) is 46.6 Å². The Morgan fingerprint density at radius 1 is 1.35 bits per heavy atom. The molecule has 0 radical (unpaired) electrons. The standard InChI is InChI=1S/C17H25N5O/c1-5-22-8-6-14(21-22)15-10-16(19-12(2)18-15)20-13-7-9-23-17(3,4)11-13/h6,8,10,13H,5,7,9,11H2,1-4H3,(H,18,19,20). The third-order valence-corrected chi connectivity index (χ3v) is 4.11. The van der Waals surface area contributed by atoms with Crippen LogP contribution in [-0.2, 0) is 11.3 Å². The lowest BCUT2D eigenvalue weighted by atomic mass is 9.94. The molecule has 1 unspecified atom stereocenters. The van der Waals surface area contributed by atoms with E-state index < -0.39 is 0 Å². The Hall–Kier alpha value is -1.95. The molecule has 0 spiro atoms. The number of aromatic nitrogens is 4. The first kappa shape index (κ1) is 15.9. The SMILES string of the molecule is CCn1ccc(-c2cc(NC3CCOC(C)(C)C3)nc(C)n2)n1. The Morgan fingerprint density at radius 3 is 2.87 bits per heavy atom. The summed E-state index contributed by atoms with van der Waals surface area (Å²) in [7, 11) is 0. The Labute approximate surface area is 137 Å². The third kappa shape index (κ3) is 3.88. The van der Waals surface area contributed by atoms with Crippen molar-refractivity contribution in [1.29, 1.82) is 0 Å². The average Bonchev–Trinajstić information content (AvgIpc) is 2.94. The second-order valence-corrected chi connectivity index (χ2v) is 6.68. The minimum atomic E-state index is -0.0826. The predicted octanol–water partition coefficient (Wildman–Crippen LogP) is 3.04. The molecule has 0 saturated carbocycles. The van der Waals surface area contributed by atoms with Crippen LogP contribution in [0.5, 0.6) is 0 Å². The molecule has 1 aliphatic heterocycles. The van der Waals surface area contributed by atoms with Crippen LogP contribution in [0.1, 0.15) is 39.4 Å². The molecular weight excluding hydrogens is 290 g/mol. The van der Waals surface area contributed by atoms with Gasteiger partial charge in [0.15, 0.2) is 0 Å². The van der Waals surface area contributed by atoms with E-state index in [-0.39, 0.29) is 5.60 Å². The first-order valence-corrected chi connectivity index (χ1v) is 8.25. The lowest BCUT2D eigenvalue weighted by Gasteiger charge is -2.36. The summed E-state index contributed by atoms with van der Waals surface area (Å²) >= 11 is 0. The highest BCUT2D eigenvalue weighted by Gasteiger charge is 2.29. The molecule has 3 heterocycles. The molecule has 2 aromatic heterocycles. The molecule has 0 bridgehead atoms. The number of hydrogen-bond acceptors (Lipinski definition) is 5. The Bertz CT molecular complexity index is 679. The molecule has 3 rings (SSSR count). The van der Waals surface area contributed by atoms with Gasteiger partial charge in [0.1, 0.15) is 17.3 Å². The van der Waals surface area contributed by atoms with Gasteiger partial charge in [0, 0.05) is 31.5 Å². The fraction of sp³-hybridized carbons (Fsp3) is 0.588. The Balaban J connectivity index is 1.80. The van der Waals surface area contributed by atoms with Crippen LogP contribution in [0.25, 0.3) is 11.4 Å². The maximum Gasteiger partial charge on any atom is 0.130 e. The molecular formula is C17H25N5O. The normalized spacial score (nSPS) is 20.4. The molecule has 6 nitrogen and oxygen atoms in total. The first-order valence-electron chi connectivity index (χ1n) is 8.25. The smallest absolute Gasteiger partial charge is 0.130 e. The van der Waals surface area contributed by atoms with E-state index in [1.54, 1.807) is 0 Å². The van der Waals surface area contributed by atoms with Gasteiger partial charge in [0.25, 0.3) is 0 Å². The number of ether oxygens (including phenoxy) is 1. The zero-order valence-corrected chi connectivity index (χ0v) is 14.3. The summed E-state index contributed by atoms with van der Waals surface area (Å²) in [6.45, 7) is 9.89. The second-order valence-electron chi connectivity index (χ2n) is 6.68. The lowest BCUT2D eigenvalue weighted by Crippen LogP contribution is -2.40. The second kappa shape index (κ2) is 6.28. The third-order valence-electron chi connectivity index (χ3n) is 4.11. The van der Waals surface area contributed by atoms with Gasteiger partial charge in [-0.15, -0.1) is 0 Å². The number of nitrogens with zero attached hydrogens (tertiary/aromatic N) is 4. The van der Waals surface area contributed by atoms with Gasteiger partial charge in [-0.3, -0.25) is 4.68 Å². The van der Waals surface area contributed by atoms with Crippen LogP contribution in [0.2, 0.25) is 0 Å². The van der Waals surface area contributed by atoms with Crippen LogP contribution < -0.4 is 5.32 Å². The zero-order valence-electron chi connectivity index (χ0n) is 14.3. The molecule has 1 saturated heterocycles. The molecule has 0 aliphatic carbocycles. The molecule has 1 N–H and O–H groups in total. The van der Waals surface area contributed by atoms with E-state index >= 15 is 0 Å². The van der Waals surface area contributed by atoms with Crippen molar-refractivity contribution in [2.24, 2.45) is 0 Å². The van der Waals surface area contributed by atoms with E-state index in [9.17, 15) is 0 Å². The quantitative estimate of drug-likeness (QED) is 0.939. The Morgan fingerprint density at radius 2 is 2.17 bits per heavy atom. The van der Waals surface area contributed by atoms with Crippen molar-refractivity contribution in [3.8, 4) is 11.4 Å². The summed E-state index contributed by atoms with van der Waals surface area (Å²) < 4.78 is 7.68. The largest absolute Gasteiger partial charge is 0.375 e. The van der Waals surface area contributed by atoms with Crippen molar-refractivity contribution < 1.29 is 4.74 Å². The molecule has 1 aliphatic rings. The van der Waals surface area contributed by atoms with E-state index in [4.69, 9.17) is 4.74 Å². The molecule has 1 fully saturated rings. The number of hydrogen-bond donors (Lipinski definition) is 1. The topological polar surface area (TPSA) is 64.9 Å². The van der Waals surface area contributed by atoms with E-state index in [0.717, 1.165) is 49.0 Å². The van der Waals surface area contributed by atoms with Crippen LogP contribution in [0.3, 0.4) is 0 Å². The molecule has 6 heteroatoms. The highest BCUT2D eigenvalue weighted by molar-refractivity contribution is 5.58. The number of anilines is 1. The molecule has 0 amide bonds. The predicted molar refractivity (Wildman–Crippen MR) is 90.3 cm³/mol. The van der Waals surface area contributed by atoms with Crippen molar-refractivity contribution in [3.63, 3.8) is 0 Å². The van der Waals surface area contributed by atoms with Crippen molar-refractivity contribution in [1.82, 2.24) is 19.7 Å². The number of aryl methyl sites for hydroxylation is 2. The van der Waals surface area contributed by atoms with E-state index in [0.29, 0.717) is 6.04 Å². The van der Waals surface area contributed by atoms with Gasteiger partial charge in [-0.25, -0.2) is 9.97 Å². The summed E-state index contributed by atoms with van der Waals surface area (Å²) in [6.07, 6.45) is 3.93. The molecule has 1 atom stereocenters. The molecule has 2 aromatic rings. The minimum Gasteiger partial charge on any atom is -0.375 e. The van der Waals surface area contributed by atoms with Crippen molar-refractivity contribution in [2.45, 2.75) is 58.7 Å². The minimum absolute atomic E-state index is 0.0826. The van der Waals surface area contributed by atoms with Crippen molar-refractivity contribution in [2.75, 3.05) is 11.9 Å². The lowest BCUT2D eigenvalue weighted by molar-refractivity contribution is -0.0553. The summed E-state index contributed by atoms with van der Waals surface area (Å²) in [4.78, 5) is 9.05. The number of rotatable bonds is 4. The van der Waals surface area contributed by atoms with E-state index in [2.05, 4.69) is 41.2 Å². The summed E-state index contributed by atoms with van der Waals surface area (Å²) in [6, 6.07) is 4.35. The van der Waals surface area contributed by atoms with Gasteiger partial charge in [-0.1, -0.05) is 0 Å². The first-order chi connectivity index (χ1) is 10.9. The van der Waals surface area contributed by atoms with Gasteiger partial charge < -0.3 is 10.1 Å². The molecule has 124 valence electrons. The van der Waals surface area contributed by atoms with E-state index in [1.807, 2.05) is 29.9 Å². The van der Waals surface area contributed by atoms with Crippen LogP contribution in [0, 0.1) is 6.92 Å². The zero-order chi connectivity index (χ0) is 16.4. The number of nitrogens with one attached hydrogen (secondary N) is 1. The van der Waals surface area contributed by atoms with Gasteiger partial charge in [0.2, 0.25) is 0 Å². The molecule has 0 aromatic carbocycles. The van der Waals surface area contributed by atoms with E-state index in [1.165, 1.54) is 0 Å². The van der Waals surface area contributed by atoms with Gasteiger partial charge >= 0.3 is 0 Å². The van der Waals surface area contributed by atoms with Crippen LogP contribution >= 0.6 is 0 Å². The highest BCUT2D eigenvalue weighted by atomic mass is 16.5. The average molecular weight is 315 g/mol. The highest BCUT2D eigenvalue weighted by Crippen LogP contribution is 2.27. The summed E-state index contributed by atoms with van der Waals surface area (Å²) in [5, 5.41) is 8.07. The Kier molecular flexibility index (Phi) is 4.35. The fourth-order valence-corrected chi connectivity index (χ4v) is 3.01. The monoisotopic (exact) mass is 315 g/mol. The van der Waals surface area contributed by atoms with Gasteiger partial charge in [-0.2, -0.15) is 5.10 Å². The summed E-state index contributed by atoms with van der Waals surface area (Å²) in [5.41, 5.74) is 1.66. The summed E-state index contributed by atoms with van der Waals surface area (Å²) in [5.74, 6) is 1.61. The van der Waals surface area contributed by atoms with Gasteiger partial charge in [0.05, 0.1) is 11.3 Å². The van der Waals surface area contributed by atoms with Crippen molar-refractivity contribution >= 4 is 5.82 Å². The fourth-order valence-electron chi connectivity index (χ4n) is 3.01. The van der Waals surface area contributed by atoms with Crippen LogP contribution in [0.4, 0.5) is 5.82 Å².